The summed E-state index contributed by atoms with van der Waals surface area (Å²) in [4.78, 5) is 1.45. The zero-order chi connectivity index (χ0) is 14.9. The van der Waals surface area contributed by atoms with Gasteiger partial charge in [0.1, 0.15) is 17.3 Å². The van der Waals surface area contributed by atoms with Crippen molar-refractivity contribution in [2.24, 2.45) is 5.73 Å². The Morgan fingerprint density at radius 3 is 2.20 bits per heavy atom. The van der Waals surface area contributed by atoms with Crippen LogP contribution in [-0.4, -0.2) is 39.1 Å². The van der Waals surface area contributed by atoms with Crippen LogP contribution in [0.5, 0.6) is 0 Å². The molecule has 0 aromatic heterocycles. The molecule has 1 aromatic rings. The monoisotopic (exact) mass is 304 g/mol. The summed E-state index contributed by atoms with van der Waals surface area (Å²) in [6, 6.07) is 2.36. The van der Waals surface area contributed by atoms with Crippen LogP contribution in [0.15, 0.2) is 12.1 Å². The molecule has 0 saturated carbocycles. The molecule has 1 aliphatic rings. The Labute approximate surface area is 117 Å². The Hall–Kier alpha value is -1.21. The fourth-order valence-electron chi connectivity index (χ4n) is 2.35. The minimum atomic E-state index is -3.08. The average Bonchev–Trinajstić information content (AvgIpc) is 2.29. The van der Waals surface area contributed by atoms with E-state index in [0.29, 0.717) is 12.0 Å². The van der Waals surface area contributed by atoms with Crippen molar-refractivity contribution in [3.63, 3.8) is 0 Å². The van der Waals surface area contributed by atoms with E-state index in [2.05, 4.69) is 0 Å². The molecule has 1 aromatic carbocycles. The Morgan fingerprint density at radius 1 is 1.25 bits per heavy atom. The Bertz CT molecular complexity index is 565. The molecule has 1 aliphatic heterocycles. The molecule has 7 heteroatoms. The van der Waals surface area contributed by atoms with E-state index in [1.807, 2.05) is 0 Å². The minimum Gasteiger partial charge on any atom is -0.365 e. The van der Waals surface area contributed by atoms with Crippen molar-refractivity contribution < 1.29 is 17.2 Å². The Balaban J connectivity index is 2.25. The van der Waals surface area contributed by atoms with Gasteiger partial charge in [0, 0.05) is 19.1 Å². The number of nitrogens with zero attached hydrogens (tertiary/aromatic N) is 1. The van der Waals surface area contributed by atoms with Gasteiger partial charge in [0.2, 0.25) is 0 Å². The number of hydrogen-bond donors (Lipinski definition) is 1. The van der Waals surface area contributed by atoms with Crippen LogP contribution in [0.4, 0.5) is 14.5 Å². The predicted octanol–water partition coefficient (Wildman–Crippen LogP) is 1.09. The molecule has 20 heavy (non-hydrogen) atoms. The molecule has 112 valence electrons. The van der Waals surface area contributed by atoms with Gasteiger partial charge in [-0.3, -0.25) is 0 Å². The summed E-state index contributed by atoms with van der Waals surface area (Å²) >= 11 is 0. The zero-order valence-corrected chi connectivity index (χ0v) is 12.1. The molecule has 1 atom stereocenters. The highest BCUT2D eigenvalue weighted by Crippen LogP contribution is 2.26. The van der Waals surface area contributed by atoms with Gasteiger partial charge in [-0.05, 0) is 31.0 Å². The fourth-order valence-corrected chi connectivity index (χ4v) is 3.55. The van der Waals surface area contributed by atoms with E-state index < -0.39 is 21.5 Å². The first kappa shape index (κ1) is 15.2. The molecular weight excluding hydrogens is 286 g/mol. The number of rotatable bonds is 3. The molecule has 0 aliphatic carbocycles. The molecular formula is C13H18F2N2O2S. The van der Waals surface area contributed by atoms with Crippen LogP contribution >= 0.6 is 0 Å². The first-order valence-electron chi connectivity index (χ1n) is 6.47. The summed E-state index contributed by atoms with van der Waals surface area (Å²) in [5, 5.41) is 0. The summed E-state index contributed by atoms with van der Waals surface area (Å²) in [6.45, 7) is 1.99. The maximum atomic E-state index is 14.1. The molecule has 0 radical (unpaired) electrons. The van der Waals surface area contributed by atoms with Crippen LogP contribution < -0.4 is 10.6 Å². The zero-order valence-electron chi connectivity index (χ0n) is 11.3. The van der Waals surface area contributed by atoms with Crippen molar-refractivity contribution in [3.8, 4) is 0 Å². The first-order chi connectivity index (χ1) is 9.28. The Morgan fingerprint density at radius 2 is 1.75 bits per heavy atom. The quantitative estimate of drug-likeness (QED) is 0.908. The van der Waals surface area contributed by atoms with Crippen LogP contribution in [0.25, 0.3) is 0 Å². The lowest BCUT2D eigenvalue weighted by atomic mass is 10.1. The second kappa shape index (κ2) is 5.65. The lowest BCUT2D eigenvalue weighted by Gasteiger charge is -2.29. The van der Waals surface area contributed by atoms with Gasteiger partial charge in [-0.25, -0.2) is 17.2 Å². The summed E-state index contributed by atoms with van der Waals surface area (Å²) < 4.78 is 50.8. The van der Waals surface area contributed by atoms with E-state index in [4.69, 9.17) is 5.73 Å². The van der Waals surface area contributed by atoms with Gasteiger partial charge in [-0.2, -0.15) is 0 Å². The van der Waals surface area contributed by atoms with Crippen molar-refractivity contribution in [2.45, 2.75) is 19.4 Å². The summed E-state index contributed by atoms with van der Waals surface area (Å²) in [5.74, 6) is -1.49. The number of nitrogens with two attached hydrogens (primary N) is 1. The number of anilines is 1. The van der Waals surface area contributed by atoms with Crippen molar-refractivity contribution in [3.05, 3.63) is 29.3 Å². The molecule has 0 amide bonds. The van der Waals surface area contributed by atoms with E-state index in [-0.39, 0.29) is 36.3 Å². The second-order valence-electron chi connectivity index (χ2n) is 5.23. The molecule has 0 bridgehead atoms. The number of sulfone groups is 1. The highest BCUT2D eigenvalue weighted by molar-refractivity contribution is 7.91. The maximum absolute atomic E-state index is 14.1. The smallest absolute Gasteiger partial charge is 0.153 e. The van der Waals surface area contributed by atoms with Crippen molar-refractivity contribution in [2.75, 3.05) is 29.5 Å². The molecule has 0 spiro atoms. The number of benzene rings is 1. The summed E-state index contributed by atoms with van der Waals surface area (Å²) in [7, 11) is -3.08. The third-order valence-electron chi connectivity index (χ3n) is 3.30. The molecule has 4 nitrogen and oxygen atoms in total. The van der Waals surface area contributed by atoms with E-state index >= 15 is 0 Å². The highest BCUT2D eigenvalue weighted by atomic mass is 32.2. The first-order valence-corrected chi connectivity index (χ1v) is 8.29. The molecule has 1 heterocycles. The van der Waals surface area contributed by atoms with Gasteiger partial charge in [0.15, 0.2) is 9.84 Å². The average molecular weight is 304 g/mol. The van der Waals surface area contributed by atoms with Gasteiger partial charge in [0.25, 0.3) is 0 Å². The number of hydrogen-bond acceptors (Lipinski definition) is 4. The fraction of sp³-hybridized carbons (Fsp3) is 0.538. The Kier molecular flexibility index (Phi) is 4.29. The maximum Gasteiger partial charge on any atom is 0.153 e. The third kappa shape index (κ3) is 3.46. The lowest BCUT2D eigenvalue weighted by Crippen LogP contribution is -2.41. The van der Waals surface area contributed by atoms with Crippen molar-refractivity contribution in [1.29, 1.82) is 0 Å². The van der Waals surface area contributed by atoms with Crippen LogP contribution in [0.3, 0.4) is 0 Å². The van der Waals surface area contributed by atoms with Crippen LogP contribution in [-0.2, 0) is 16.3 Å². The molecule has 1 unspecified atom stereocenters. The van der Waals surface area contributed by atoms with E-state index in [1.165, 1.54) is 17.0 Å². The predicted molar refractivity (Wildman–Crippen MR) is 74.6 cm³/mol. The van der Waals surface area contributed by atoms with Crippen LogP contribution in [0.2, 0.25) is 0 Å². The van der Waals surface area contributed by atoms with Crippen LogP contribution in [0.1, 0.15) is 12.5 Å². The second-order valence-corrected chi connectivity index (χ2v) is 7.53. The molecule has 2 N–H and O–H groups in total. The summed E-state index contributed by atoms with van der Waals surface area (Å²) in [5.41, 5.74) is 5.97. The third-order valence-corrected chi connectivity index (χ3v) is 4.90. The lowest BCUT2D eigenvalue weighted by molar-refractivity contribution is 0.558. The summed E-state index contributed by atoms with van der Waals surface area (Å²) in [6.07, 6.45) is 0.391. The number of halogens is 2. The standard InChI is InChI=1S/C13H18F2N2O2S/c1-9(16)6-10-7-11(14)13(12(15)8-10)17-2-4-20(18,19)5-3-17/h7-9H,2-6,16H2,1H3. The molecule has 1 saturated heterocycles. The minimum absolute atomic E-state index is 0.0759. The van der Waals surface area contributed by atoms with Crippen molar-refractivity contribution >= 4 is 15.5 Å². The topological polar surface area (TPSA) is 63.4 Å². The van der Waals surface area contributed by atoms with Gasteiger partial charge in [-0.15, -0.1) is 0 Å². The van der Waals surface area contributed by atoms with Crippen LogP contribution in [0, 0.1) is 11.6 Å². The van der Waals surface area contributed by atoms with Gasteiger partial charge in [-0.1, -0.05) is 0 Å². The normalized spacial score (nSPS) is 19.9. The van der Waals surface area contributed by atoms with E-state index in [1.54, 1.807) is 6.92 Å². The van der Waals surface area contributed by atoms with Crippen molar-refractivity contribution in [1.82, 2.24) is 0 Å². The van der Waals surface area contributed by atoms with Gasteiger partial charge >= 0.3 is 0 Å². The SMILES string of the molecule is CC(N)Cc1cc(F)c(N2CCS(=O)(=O)CC2)c(F)c1. The van der Waals surface area contributed by atoms with Gasteiger partial charge in [0.05, 0.1) is 11.5 Å². The largest absolute Gasteiger partial charge is 0.365 e. The molecule has 1 fully saturated rings. The van der Waals surface area contributed by atoms with E-state index in [0.717, 1.165) is 0 Å². The molecule has 2 rings (SSSR count). The van der Waals surface area contributed by atoms with E-state index in [9.17, 15) is 17.2 Å². The van der Waals surface area contributed by atoms with Gasteiger partial charge < -0.3 is 10.6 Å². The highest BCUT2D eigenvalue weighted by Gasteiger charge is 2.26.